The maximum Gasteiger partial charge on any atom is 0.255 e. The summed E-state index contributed by atoms with van der Waals surface area (Å²) >= 11 is 0. The number of aromatic amines is 1. The summed E-state index contributed by atoms with van der Waals surface area (Å²) in [5, 5.41) is 4.39. The summed E-state index contributed by atoms with van der Waals surface area (Å²) in [5.41, 5.74) is 4.78. The summed E-state index contributed by atoms with van der Waals surface area (Å²) in [4.78, 5) is 22.5. The number of nitrogens with zero attached hydrogens (tertiary/aromatic N) is 4. The van der Waals surface area contributed by atoms with E-state index in [1.165, 1.54) is 0 Å². The van der Waals surface area contributed by atoms with E-state index in [4.69, 9.17) is 4.98 Å². The molecule has 0 saturated carbocycles. The summed E-state index contributed by atoms with van der Waals surface area (Å²) in [6.07, 6.45) is 0.788. The molecule has 0 fully saturated rings. The second-order valence-electron chi connectivity index (χ2n) is 6.57. The highest BCUT2D eigenvalue weighted by Crippen LogP contribution is 2.20. The lowest BCUT2D eigenvalue weighted by atomic mass is 10.1. The lowest BCUT2D eigenvalue weighted by Crippen LogP contribution is -2.35. The Hall–Kier alpha value is -2.73. The Morgan fingerprint density at radius 3 is 2.76 bits per heavy atom. The number of fused-ring (bicyclic) bond motifs is 1. The molecule has 0 bridgehead atoms. The Bertz CT molecular complexity index is 958. The number of aryl methyl sites for hydroxylation is 2. The average Bonchev–Trinajstić information content (AvgIpc) is 2.93. The number of hydrogen-bond donors (Lipinski definition) is 1. The number of H-pyrrole nitrogens is 1. The van der Waals surface area contributed by atoms with Crippen LogP contribution in [0.1, 0.15) is 22.6 Å². The lowest BCUT2D eigenvalue weighted by molar-refractivity contribution is 0.235. The van der Waals surface area contributed by atoms with Crippen LogP contribution in [-0.2, 0) is 26.6 Å². The van der Waals surface area contributed by atoms with Gasteiger partial charge < -0.3 is 4.98 Å². The maximum absolute atomic E-state index is 12.6. The van der Waals surface area contributed by atoms with Gasteiger partial charge in [0, 0.05) is 38.7 Å². The van der Waals surface area contributed by atoms with Gasteiger partial charge in [-0.3, -0.25) is 14.4 Å². The van der Waals surface area contributed by atoms with Gasteiger partial charge in [0.2, 0.25) is 0 Å². The molecule has 6 heteroatoms. The molecule has 2 aromatic heterocycles. The second-order valence-corrected chi connectivity index (χ2v) is 6.57. The molecule has 0 atom stereocenters. The first-order valence-electron chi connectivity index (χ1n) is 8.49. The summed E-state index contributed by atoms with van der Waals surface area (Å²) in [6, 6.07) is 11.9. The van der Waals surface area contributed by atoms with E-state index in [2.05, 4.69) is 21.0 Å². The van der Waals surface area contributed by atoms with E-state index in [0.29, 0.717) is 12.4 Å². The molecule has 0 unspecified atom stereocenters. The van der Waals surface area contributed by atoms with Crippen molar-refractivity contribution in [3.05, 3.63) is 69.4 Å². The van der Waals surface area contributed by atoms with Crippen LogP contribution in [0.2, 0.25) is 0 Å². The predicted octanol–water partition coefficient (Wildman–Crippen LogP) is 2.04. The third kappa shape index (κ3) is 3.13. The standard InChI is InChI=1S/C19H21N5O/c1-13-10-15(23(2)22-13)11-24-9-8-17-16(12-24)19(25)21-18(20-17)14-6-4-3-5-7-14/h3-7,10H,8-9,11-12H2,1-2H3,(H,20,21,25). The van der Waals surface area contributed by atoms with Gasteiger partial charge in [-0.25, -0.2) is 4.98 Å². The first-order chi connectivity index (χ1) is 12.1. The van der Waals surface area contributed by atoms with Crippen molar-refractivity contribution >= 4 is 0 Å². The summed E-state index contributed by atoms with van der Waals surface area (Å²) in [5.74, 6) is 0.653. The molecule has 3 aromatic rings. The van der Waals surface area contributed by atoms with Crippen molar-refractivity contribution in [3.63, 3.8) is 0 Å². The van der Waals surface area contributed by atoms with E-state index in [1.54, 1.807) is 0 Å². The van der Waals surface area contributed by atoms with Crippen molar-refractivity contribution in [3.8, 4) is 11.4 Å². The van der Waals surface area contributed by atoms with Crippen molar-refractivity contribution in [2.45, 2.75) is 26.4 Å². The summed E-state index contributed by atoms with van der Waals surface area (Å²) in [6.45, 7) is 4.30. The zero-order valence-corrected chi connectivity index (χ0v) is 14.5. The number of aromatic nitrogens is 4. The largest absolute Gasteiger partial charge is 0.306 e. The van der Waals surface area contributed by atoms with Crippen LogP contribution in [0, 0.1) is 6.92 Å². The number of nitrogens with one attached hydrogen (secondary N) is 1. The molecule has 3 heterocycles. The first kappa shape index (κ1) is 15.8. The van der Waals surface area contributed by atoms with Gasteiger partial charge in [0.1, 0.15) is 5.82 Å². The van der Waals surface area contributed by atoms with Gasteiger partial charge in [0.05, 0.1) is 22.6 Å². The van der Waals surface area contributed by atoms with E-state index in [-0.39, 0.29) is 5.56 Å². The van der Waals surface area contributed by atoms with Crippen LogP contribution in [0.15, 0.2) is 41.2 Å². The second kappa shape index (κ2) is 6.29. The summed E-state index contributed by atoms with van der Waals surface area (Å²) in [7, 11) is 1.96. The minimum absolute atomic E-state index is 0.0326. The van der Waals surface area contributed by atoms with Gasteiger partial charge in [-0.2, -0.15) is 5.10 Å². The third-order valence-corrected chi connectivity index (χ3v) is 4.68. The quantitative estimate of drug-likeness (QED) is 0.795. The summed E-state index contributed by atoms with van der Waals surface area (Å²) < 4.78 is 1.91. The fraction of sp³-hybridized carbons (Fsp3) is 0.316. The van der Waals surface area contributed by atoms with E-state index < -0.39 is 0 Å². The Morgan fingerprint density at radius 2 is 2.04 bits per heavy atom. The van der Waals surface area contributed by atoms with Crippen molar-refractivity contribution in [2.75, 3.05) is 6.54 Å². The molecule has 128 valence electrons. The molecule has 0 aliphatic carbocycles. The molecule has 25 heavy (non-hydrogen) atoms. The number of hydrogen-bond acceptors (Lipinski definition) is 4. The molecule has 1 aromatic carbocycles. The molecular weight excluding hydrogens is 314 g/mol. The van der Waals surface area contributed by atoms with Gasteiger partial charge >= 0.3 is 0 Å². The predicted molar refractivity (Wildman–Crippen MR) is 96.1 cm³/mol. The SMILES string of the molecule is Cc1cc(CN2CCc3nc(-c4ccccc4)[nH]c(=O)c3C2)n(C)n1. The lowest BCUT2D eigenvalue weighted by Gasteiger charge is -2.27. The van der Waals surface area contributed by atoms with Crippen LogP contribution in [0.3, 0.4) is 0 Å². The van der Waals surface area contributed by atoms with Crippen LogP contribution in [0.5, 0.6) is 0 Å². The zero-order chi connectivity index (χ0) is 17.4. The molecule has 0 amide bonds. The minimum atomic E-state index is -0.0326. The molecule has 0 spiro atoms. The maximum atomic E-state index is 12.6. The van der Waals surface area contributed by atoms with E-state index in [1.807, 2.05) is 49.0 Å². The molecule has 0 radical (unpaired) electrons. The van der Waals surface area contributed by atoms with E-state index in [9.17, 15) is 4.79 Å². The molecule has 1 aliphatic heterocycles. The molecule has 6 nitrogen and oxygen atoms in total. The van der Waals surface area contributed by atoms with Gasteiger partial charge in [-0.15, -0.1) is 0 Å². The van der Waals surface area contributed by atoms with Gasteiger partial charge in [-0.05, 0) is 13.0 Å². The number of benzene rings is 1. The minimum Gasteiger partial charge on any atom is -0.306 e. The van der Waals surface area contributed by atoms with Gasteiger partial charge in [0.15, 0.2) is 0 Å². The fourth-order valence-electron chi connectivity index (χ4n) is 3.39. The molecular formula is C19H21N5O. The third-order valence-electron chi connectivity index (χ3n) is 4.68. The fourth-order valence-corrected chi connectivity index (χ4v) is 3.39. The topological polar surface area (TPSA) is 66.8 Å². The zero-order valence-electron chi connectivity index (χ0n) is 14.5. The highest BCUT2D eigenvalue weighted by Gasteiger charge is 2.22. The molecule has 1 aliphatic rings. The normalized spacial score (nSPS) is 14.5. The van der Waals surface area contributed by atoms with Gasteiger partial charge in [0.25, 0.3) is 5.56 Å². The van der Waals surface area contributed by atoms with Crippen LogP contribution < -0.4 is 5.56 Å². The Balaban J connectivity index is 1.59. The van der Waals surface area contributed by atoms with Gasteiger partial charge in [-0.1, -0.05) is 30.3 Å². The van der Waals surface area contributed by atoms with Crippen LogP contribution >= 0.6 is 0 Å². The number of rotatable bonds is 3. The van der Waals surface area contributed by atoms with Crippen molar-refractivity contribution in [2.24, 2.45) is 7.05 Å². The Labute approximate surface area is 146 Å². The van der Waals surface area contributed by atoms with Crippen molar-refractivity contribution in [1.29, 1.82) is 0 Å². The van der Waals surface area contributed by atoms with Crippen LogP contribution in [0.4, 0.5) is 0 Å². The van der Waals surface area contributed by atoms with Crippen molar-refractivity contribution in [1.82, 2.24) is 24.6 Å². The van der Waals surface area contributed by atoms with E-state index in [0.717, 1.165) is 47.7 Å². The molecule has 4 rings (SSSR count). The average molecular weight is 335 g/mol. The molecule has 0 saturated heterocycles. The van der Waals surface area contributed by atoms with Crippen LogP contribution in [-0.4, -0.2) is 31.2 Å². The monoisotopic (exact) mass is 335 g/mol. The smallest absolute Gasteiger partial charge is 0.255 e. The Morgan fingerprint density at radius 1 is 1.24 bits per heavy atom. The first-order valence-corrected chi connectivity index (χ1v) is 8.49. The molecule has 1 N–H and O–H groups in total. The highest BCUT2D eigenvalue weighted by atomic mass is 16.1. The van der Waals surface area contributed by atoms with E-state index >= 15 is 0 Å². The van der Waals surface area contributed by atoms with Crippen molar-refractivity contribution < 1.29 is 0 Å². The Kier molecular flexibility index (Phi) is 3.97. The van der Waals surface area contributed by atoms with Crippen LogP contribution in [0.25, 0.3) is 11.4 Å². The highest BCUT2D eigenvalue weighted by molar-refractivity contribution is 5.54.